The van der Waals surface area contributed by atoms with Crippen LogP contribution in [0.2, 0.25) is 5.02 Å². The maximum Gasteiger partial charge on any atom is 0.301 e. The van der Waals surface area contributed by atoms with Crippen molar-refractivity contribution in [2.75, 3.05) is 31.0 Å². The van der Waals surface area contributed by atoms with Gasteiger partial charge in [-0.15, -0.1) is 0 Å². The third kappa shape index (κ3) is 4.08. The van der Waals surface area contributed by atoms with E-state index in [0.717, 1.165) is 10.4 Å². The molecule has 182 valence electrons. The lowest BCUT2D eigenvalue weighted by atomic mass is 9.95. The van der Waals surface area contributed by atoms with Crippen LogP contribution < -0.4 is 14.5 Å². The maximum atomic E-state index is 13.4. The summed E-state index contributed by atoms with van der Waals surface area (Å²) in [6.07, 6.45) is 0. The summed E-state index contributed by atoms with van der Waals surface area (Å²) in [5.74, 6) is -1.18. The van der Waals surface area contributed by atoms with Crippen molar-refractivity contribution in [2.45, 2.75) is 6.04 Å². The van der Waals surface area contributed by atoms with Gasteiger partial charge in [0.05, 0.1) is 28.9 Å². The lowest BCUT2D eigenvalue weighted by Crippen LogP contribution is -2.29. The Hall–Kier alpha value is -3.88. The number of hydrogen-bond acceptors (Lipinski definition) is 7. The normalized spacial score (nSPS) is 17.1. The number of carbonyl (C=O) groups excluding carboxylic acids is 2. The van der Waals surface area contributed by atoms with Crippen LogP contribution in [0.5, 0.6) is 5.75 Å². The molecule has 2 heterocycles. The highest BCUT2D eigenvalue weighted by molar-refractivity contribution is 7.22. The largest absolute Gasteiger partial charge is 0.507 e. The van der Waals surface area contributed by atoms with Gasteiger partial charge in [0, 0.05) is 30.4 Å². The van der Waals surface area contributed by atoms with Gasteiger partial charge in [-0.05, 0) is 60.2 Å². The van der Waals surface area contributed by atoms with Crippen molar-refractivity contribution in [1.82, 2.24) is 4.98 Å². The van der Waals surface area contributed by atoms with Gasteiger partial charge in [-0.25, -0.2) is 4.98 Å². The molecule has 36 heavy (non-hydrogen) atoms. The predicted octanol–water partition coefficient (Wildman–Crippen LogP) is 5.65. The van der Waals surface area contributed by atoms with Crippen molar-refractivity contribution < 1.29 is 19.4 Å². The van der Waals surface area contributed by atoms with Crippen LogP contribution in [0.3, 0.4) is 0 Å². The van der Waals surface area contributed by atoms with Gasteiger partial charge in [0.1, 0.15) is 11.5 Å². The number of carbonyl (C=O) groups is 2. The van der Waals surface area contributed by atoms with E-state index >= 15 is 0 Å². The number of rotatable bonds is 5. The van der Waals surface area contributed by atoms with Crippen LogP contribution in [-0.2, 0) is 9.59 Å². The Morgan fingerprint density at radius 3 is 2.39 bits per heavy atom. The zero-order valence-corrected chi connectivity index (χ0v) is 21.3. The van der Waals surface area contributed by atoms with Crippen LogP contribution in [0.15, 0.2) is 72.3 Å². The van der Waals surface area contributed by atoms with Crippen molar-refractivity contribution in [3.8, 4) is 5.75 Å². The number of hydrogen-bond donors (Lipinski definition) is 1. The van der Waals surface area contributed by atoms with E-state index < -0.39 is 17.7 Å². The lowest BCUT2D eigenvalue weighted by molar-refractivity contribution is -0.132. The number of aliphatic hydroxyl groups excluding tert-OH is 1. The Labute approximate surface area is 216 Å². The first-order valence-electron chi connectivity index (χ1n) is 11.1. The minimum absolute atomic E-state index is 0.0000541. The first-order chi connectivity index (χ1) is 17.3. The third-order valence-corrected chi connectivity index (χ3v) is 7.33. The van der Waals surface area contributed by atoms with Gasteiger partial charge in [-0.2, -0.15) is 0 Å². The lowest BCUT2D eigenvalue weighted by Gasteiger charge is -2.23. The Morgan fingerprint density at radius 2 is 1.75 bits per heavy atom. The molecule has 1 aromatic heterocycles. The van der Waals surface area contributed by atoms with E-state index in [2.05, 4.69) is 4.98 Å². The van der Waals surface area contributed by atoms with Crippen LogP contribution in [0.4, 0.5) is 10.8 Å². The summed E-state index contributed by atoms with van der Waals surface area (Å²) in [5, 5.41) is 12.2. The van der Waals surface area contributed by atoms with E-state index in [4.69, 9.17) is 16.3 Å². The molecule has 7 nitrogen and oxygen atoms in total. The number of halogens is 1. The quantitative estimate of drug-likeness (QED) is 0.208. The monoisotopic (exact) mass is 519 g/mol. The summed E-state index contributed by atoms with van der Waals surface area (Å²) < 4.78 is 5.99. The molecular weight excluding hydrogens is 498 g/mol. The number of ketones is 1. The molecular formula is C27H22ClN3O4S. The minimum atomic E-state index is -0.862. The second-order valence-electron chi connectivity index (χ2n) is 8.49. The molecule has 0 spiro atoms. The number of aliphatic hydroxyl groups is 1. The molecule has 1 unspecified atom stereocenters. The fraction of sp³-hybridized carbons (Fsp3) is 0.148. The fourth-order valence-corrected chi connectivity index (χ4v) is 5.46. The highest BCUT2D eigenvalue weighted by atomic mass is 35.5. The van der Waals surface area contributed by atoms with Crippen LogP contribution in [0.1, 0.15) is 17.2 Å². The molecule has 3 aromatic carbocycles. The topological polar surface area (TPSA) is 83.0 Å². The number of Topliss-reactive ketones (excluding diaryl/α,β-unsaturated/α-hetero) is 1. The van der Waals surface area contributed by atoms with Crippen LogP contribution in [0.25, 0.3) is 16.0 Å². The van der Waals surface area contributed by atoms with Gasteiger partial charge < -0.3 is 14.7 Å². The number of ether oxygens (including phenoxy) is 1. The number of aromatic nitrogens is 1. The van der Waals surface area contributed by atoms with Crippen molar-refractivity contribution in [2.24, 2.45) is 0 Å². The fourth-order valence-electron chi connectivity index (χ4n) is 4.19. The molecule has 1 aliphatic heterocycles. The van der Waals surface area contributed by atoms with Crippen LogP contribution in [-0.4, -0.2) is 43.0 Å². The molecule has 1 atom stereocenters. The summed E-state index contributed by atoms with van der Waals surface area (Å²) in [5.41, 5.74) is 2.70. The minimum Gasteiger partial charge on any atom is -0.507 e. The highest BCUT2D eigenvalue weighted by Crippen LogP contribution is 2.44. The Balaban J connectivity index is 1.70. The van der Waals surface area contributed by atoms with Gasteiger partial charge in [0.25, 0.3) is 5.78 Å². The van der Waals surface area contributed by atoms with E-state index in [0.29, 0.717) is 32.5 Å². The Morgan fingerprint density at radius 1 is 1.06 bits per heavy atom. The molecule has 1 saturated heterocycles. The summed E-state index contributed by atoms with van der Waals surface area (Å²) in [7, 11) is 5.40. The zero-order valence-electron chi connectivity index (χ0n) is 19.7. The molecule has 9 heteroatoms. The van der Waals surface area contributed by atoms with Crippen LogP contribution >= 0.6 is 22.9 Å². The molecule has 1 amide bonds. The molecule has 0 aliphatic carbocycles. The van der Waals surface area contributed by atoms with E-state index in [1.165, 1.54) is 16.2 Å². The number of thiazole rings is 1. The number of fused-ring (bicyclic) bond motifs is 1. The second kappa shape index (κ2) is 9.29. The Kier molecular flexibility index (Phi) is 6.15. The molecule has 5 rings (SSSR count). The third-order valence-electron chi connectivity index (χ3n) is 6.08. The van der Waals surface area contributed by atoms with Gasteiger partial charge in [0.2, 0.25) is 0 Å². The van der Waals surface area contributed by atoms with Crippen molar-refractivity contribution in [1.29, 1.82) is 0 Å². The van der Waals surface area contributed by atoms with E-state index in [-0.39, 0.29) is 11.3 Å². The number of nitrogens with zero attached hydrogens (tertiary/aromatic N) is 3. The average molecular weight is 520 g/mol. The molecule has 1 N–H and O–H groups in total. The maximum absolute atomic E-state index is 13.4. The predicted molar refractivity (Wildman–Crippen MR) is 143 cm³/mol. The van der Waals surface area contributed by atoms with E-state index in [1.807, 2.05) is 43.3 Å². The van der Waals surface area contributed by atoms with Gasteiger partial charge in [-0.3, -0.25) is 14.5 Å². The second-order valence-corrected chi connectivity index (χ2v) is 9.94. The number of benzene rings is 3. The number of methoxy groups -OCH3 is 1. The summed E-state index contributed by atoms with van der Waals surface area (Å²) in [4.78, 5) is 34.7. The zero-order chi connectivity index (χ0) is 25.6. The Bertz CT molecular complexity index is 1510. The standard InChI is InChI=1S/C27H22ClN3O4S/c1-30(2)18-9-4-15(5-10-18)23-22(24(32)16-6-11-19(35-3)12-7-16)25(33)26(34)31(23)27-29-20-13-8-17(28)14-21(20)36-27/h4-14,23,32H,1-3H3/b24-22+. The van der Waals surface area contributed by atoms with Crippen LogP contribution in [0, 0.1) is 0 Å². The molecule has 1 aliphatic rings. The molecule has 0 saturated carbocycles. The highest BCUT2D eigenvalue weighted by Gasteiger charge is 2.48. The van der Waals surface area contributed by atoms with Crippen molar-refractivity contribution in [3.05, 3.63) is 88.5 Å². The molecule has 0 radical (unpaired) electrons. The first kappa shape index (κ1) is 23.8. The molecule has 1 fully saturated rings. The average Bonchev–Trinajstić information content (AvgIpc) is 3.41. The molecule has 0 bridgehead atoms. The van der Waals surface area contributed by atoms with E-state index in [9.17, 15) is 14.7 Å². The summed E-state index contributed by atoms with van der Waals surface area (Å²) in [6, 6.07) is 18.6. The van der Waals surface area contributed by atoms with Gasteiger partial charge in [0.15, 0.2) is 5.13 Å². The van der Waals surface area contributed by atoms with Gasteiger partial charge in [-0.1, -0.05) is 35.1 Å². The number of anilines is 2. The van der Waals surface area contributed by atoms with Crippen molar-refractivity contribution in [3.63, 3.8) is 0 Å². The summed E-state index contributed by atoms with van der Waals surface area (Å²) in [6.45, 7) is 0. The van der Waals surface area contributed by atoms with Crippen molar-refractivity contribution >= 4 is 61.4 Å². The summed E-state index contributed by atoms with van der Waals surface area (Å²) >= 11 is 7.41. The van der Waals surface area contributed by atoms with Gasteiger partial charge >= 0.3 is 5.91 Å². The first-order valence-corrected chi connectivity index (χ1v) is 12.3. The SMILES string of the molecule is COc1ccc(/C(O)=C2\C(=O)C(=O)N(c3nc4ccc(Cl)cc4s3)C2c2ccc(N(C)C)cc2)cc1. The van der Waals surface area contributed by atoms with E-state index in [1.54, 1.807) is 49.6 Å². The smallest absolute Gasteiger partial charge is 0.301 e. The number of amides is 1. The molecule has 4 aromatic rings.